The standard InChI is InChI=1S/C21H20N4O3/c26-10-5-9-22-21(27)17-12-19(15-6-2-1-3-7-15)24-20-18(17)13-23-25(20)14-16-8-4-11-28-16/h1-4,6-8,11-13,26H,5,9-10,14H2,(H,22,27). The number of furan rings is 1. The minimum absolute atomic E-state index is 0.0301. The lowest BCUT2D eigenvalue weighted by Crippen LogP contribution is -2.25. The molecule has 0 bridgehead atoms. The molecule has 0 aliphatic carbocycles. The zero-order chi connectivity index (χ0) is 19.3. The second kappa shape index (κ2) is 8.06. The van der Waals surface area contributed by atoms with Crippen molar-refractivity contribution in [2.45, 2.75) is 13.0 Å². The van der Waals surface area contributed by atoms with Crippen LogP contribution in [0.25, 0.3) is 22.3 Å². The van der Waals surface area contributed by atoms with Crippen LogP contribution in [0.4, 0.5) is 0 Å². The topological polar surface area (TPSA) is 93.2 Å². The summed E-state index contributed by atoms with van der Waals surface area (Å²) in [5, 5.41) is 16.9. The monoisotopic (exact) mass is 376 g/mol. The van der Waals surface area contributed by atoms with Gasteiger partial charge in [0.15, 0.2) is 5.65 Å². The van der Waals surface area contributed by atoms with Gasteiger partial charge in [0.05, 0.1) is 29.1 Å². The Morgan fingerprint density at radius 2 is 2.04 bits per heavy atom. The van der Waals surface area contributed by atoms with E-state index in [-0.39, 0.29) is 12.5 Å². The summed E-state index contributed by atoms with van der Waals surface area (Å²) in [5.41, 5.74) is 2.73. The molecule has 7 nitrogen and oxygen atoms in total. The third-order valence-corrected chi connectivity index (χ3v) is 4.43. The Morgan fingerprint density at radius 1 is 1.18 bits per heavy atom. The molecule has 3 aromatic heterocycles. The van der Waals surface area contributed by atoms with Crippen molar-refractivity contribution in [3.63, 3.8) is 0 Å². The van der Waals surface area contributed by atoms with Crippen LogP contribution >= 0.6 is 0 Å². The van der Waals surface area contributed by atoms with E-state index in [1.54, 1.807) is 23.2 Å². The van der Waals surface area contributed by atoms with Gasteiger partial charge >= 0.3 is 0 Å². The second-order valence-electron chi connectivity index (χ2n) is 6.37. The molecule has 3 heterocycles. The van der Waals surface area contributed by atoms with Gasteiger partial charge in [0.2, 0.25) is 0 Å². The Hall–Kier alpha value is -3.45. The highest BCUT2D eigenvalue weighted by Gasteiger charge is 2.18. The van der Waals surface area contributed by atoms with E-state index in [1.807, 2.05) is 42.5 Å². The van der Waals surface area contributed by atoms with E-state index >= 15 is 0 Å². The zero-order valence-corrected chi connectivity index (χ0v) is 15.2. The number of aliphatic hydroxyl groups excluding tert-OH is 1. The van der Waals surface area contributed by atoms with Gasteiger partial charge in [0.1, 0.15) is 12.3 Å². The van der Waals surface area contributed by atoms with Gasteiger partial charge in [-0.3, -0.25) is 4.79 Å². The fraction of sp³-hybridized carbons (Fsp3) is 0.190. The summed E-state index contributed by atoms with van der Waals surface area (Å²) in [4.78, 5) is 17.5. The average Bonchev–Trinajstić information content (AvgIpc) is 3.39. The molecule has 0 aliphatic rings. The SMILES string of the molecule is O=C(NCCCO)c1cc(-c2ccccc2)nc2c1cnn2Cc1ccco1. The van der Waals surface area contributed by atoms with E-state index in [0.717, 1.165) is 11.3 Å². The van der Waals surface area contributed by atoms with Crippen LogP contribution in [-0.4, -0.2) is 38.9 Å². The smallest absolute Gasteiger partial charge is 0.252 e. The Balaban J connectivity index is 1.79. The minimum Gasteiger partial charge on any atom is -0.467 e. The van der Waals surface area contributed by atoms with Crippen LogP contribution in [0.3, 0.4) is 0 Å². The number of aliphatic hydroxyl groups is 1. The highest BCUT2D eigenvalue weighted by atomic mass is 16.3. The van der Waals surface area contributed by atoms with Crippen molar-refractivity contribution in [1.82, 2.24) is 20.1 Å². The maximum absolute atomic E-state index is 12.8. The van der Waals surface area contributed by atoms with Crippen molar-refractivity contribution in [3.05, 3.63) is 72.3 Å². The van der Waals surface area contributed by atoms with Crippen LogP contribution in [0.15, 0.2) is 65.4 Å². The van der Waals surface area contributed by atoms with Gasteiger partial charge in [-0.25, -0.2) is 9.67 Å². The number of benzene rings is 1. The molecule has 2 N–H and O–H groups in total. The maximum atomic E-state index is 12.8. The normalized spacial score (nSPS) is 11.0. The molecule has 142 valence electrons. The van der Waals surface area contributed by atoms with Crippen LogP contribution in [-0.2, 0) is 6.54 Å². The Kier molecular flexibility index (Phi) is 5.16. The fourth-order valence-corrected chi connectivity index (χ4v) is 3.03. The van der Waals surface area contributed by atoms with E-state index in [0.29, 0.717) is 41.8 Å². The molecule has 0 unspecified atom stereocenters. The molecule has 1 amide bonds. The van der Waals surface area contributed by atoms with Crippen LogP contribution in [0.5, 0.6) is 0 Å². The van der Waals surface area contributed by atoms with Gasteiger partial charge in [-0.15, -0.1) is 0 Å². The lowest BCUT2D eigenvalue weighted by Gasteiger charge is -2.09. The summed E-state index contributed by atoms with van der Waals surface area (Å²) in [6.07, 6.45) is 3.77. The van der Waals surface area contributed by atoms with Gasteiger partial charge in [-0.1, -0.05) is 30.3 Å². The van der Waals surface area contributed by atoms with Crippen molar-refractivity contribution in [3.8, 4) is 11.3 Å². The van der Waals surface area contributed by atoms with Gasteiger partial charge in [0.25, 0.3) is 5.91 Å². The van der Waals surface area contributed by atoms with Gasteiger partial charge < -0.3 is 14.8 Å². The molecule has 4 rings (SSSR count). The zero-order valence-electron chi connectivity index (χ0n) is 15.2. The number of fused-ring (bicyclic) bond motifs is 1. The van der Waals surface area contributed by atoms with Crippen LogP contribution in [0, 0.1) is 0 Å². The van der Waals surface area contributed by atoms with Crippen LogP contribution in [0.2, 0.25) is 0 Å². The van der Waals surface area contributed by atoms with Crippen molar-refractivity contribution in [1.29, 1.82) is 0 Å². The number of aromatic nitrogens is 3. The summed E-state index contributed by atoms with van der Waals surface area (Å²) in [6.45, 7) is 0.857. The van der Waals surface area contributed by atoms with Gasteiger partial charge in [-0.05, 0) is 24.6 Å². The average molecular weight is 376 g/mol. The fourth-order valence-electron chi connectivity index (χ4n) is 3.03. The number of nitrogens with zero attached hydrogens (tertiary/aromatic N) is 3. The molecular formula is C21H20N4O3. The Bertz CT molecular complexity index is 1070. The number of hydrogen-bond donors (Lipinski definition) is 2. The van der Waals surface area contributed by atoms with E-state index in [9.17, 15) is 4.79 Å². The van der Waals surface area contributed by atoms with E-state index in [2.05, 4.69) is 10.4 Å². The van der Waals surface area contributed by atoms with Crippen LogP contribution < -0.4 is 5.32 Å². The maximum Gasteiger partial charge on any atom is 0.252 e. The molecule has 4 aromatic rings. The van der Waals surface area contributed by atoms with Gasteiger partial charge in [-0.2, -0.15) is 5.10 Å². The highest BCUT2D eigenvalue weighted by molar-refractivity contribution is 6.06. The summed E-state index contributed by atoms with van der Waals surface area (Å²) in [7, 11) is 0. The third-order valence-electron chi connectivity index (χ3n) is 4.43. The lowest BCUT2D eigenvalue weighted by atomic mass is 10.1. The first-order valence-corrected chi connectivity index (χ1v) is 9.09. The molecule has 0 saturated carbocycles. The van der Waals surface area contributed by atoms with Crippen molar-refractivity contribution in [2.24, 2.45) is 0 Å². The predicted octanol–water partition coefficient (Wildman–Crippen LogP) is 2.85. The molecule has 0 aliphatic heterocycles. The second-order valence-corrected chi connectivity index (χ2v) is 6.37. The number of rotatable bonds is 7. The van der Waals surface area contributed by atoms with E-state index in [4.69, 9.17) is 14.5 Å². The third kappa shape index (κ3) is 3.65. The number of carbonyl (C=O) groups excluding carboxylic acids is 1. The van der Waals surface area contributed by atoms with Crippen LogP contribution in [0.1, 0.15) is 22.5 Å². The molecule has 1 aromatic carbocycles. The predicted molar refractivity (Wildman–Crippen MR) is 105 cm³/mol. The van der Waals surface area contributed by atoms with E-state index in [1.165, 1.54) is 0 Å². The van der Waals surface area contributed by atoms with Gasteiger partial charge in [0, 0.05) is 18.7 Å². The largest absolute Gasteiger partial charge is 0.467 e. The number of pyridine rings is 1. The Labute approximate surface area is 161 Å². The first-order chi connectivity index (χ1) is 13.8. The lowest BCUT2D eigenvalue weighted by molar-refractivity contribution is 0.0953. The Morgan fingerprint density at radius 3 is 2.79 bits per heavy atom. The molecule has 0 atom stereocenters. The number of carbonyl (C=O) groups is 1. The summed E-state index contributed by atoms with van der Waals surface area (Å²) >= 11 is 0. The first kappa shape index (κ1) is 17.9. The summed E-state index contributed by atoms with van der Waals surface area (Å²) in [5.74, 6) is 0.543. The summed E-state index contributed by atoms with van der Waals surface area (Å²) < 4.78 is 7.15. The molecule has 0 saturated heterocycles. The summed E-state index contributed by atoms with van der Waals surface area (Å²) in [6, 6.07) is 15.2. The minimum atomic E-state index is -0.212. The molecule has 0 spiro atoms. The van der Waals surface area contributed by atoms with Crippen molar-refractivity contribution in [2.75, 3.05) is 13.2 Å². The number of hydrogen-bond acceptors (Lipinski definition) is 5. The molecule has 0 fully saturated rings. The molecule has 0 radical (unpaired) electrons. The number of nitrogens with one attached hydrogen (secondary N) is 1. The highest BCUT2D eigenvalue weighted by Crippen LogP contribution is 2.25. The van der Waals surface area contributed by atoms with E-state index < -0.39 is 0 Å². The van der Waals surface area contributed by atoms with Crippen molar-refractivity contribution < 1.29 is 14.3 Å². The molecule has 28 heavy (non-hydrogen) atoms. The first-order valence-electron chi connectivity index (χ1n) is 9.09. The van der Waals surface area contributed by atoms with Crippen molar-refractivity contribution >= 4 is 16.9 Å². The number of amides is 1. The quantitative estimate of drug-likeness (QED) is 0.484. The molecule has 7 heteroatoms. The molecular weight excluding hydrogens is 356 g/mol.